The summed E-state index contributed by atoms with van der Waals surface area (Å²) in [5.41, 5.74) is 1.09. The summed E-state index contributed by atoms with van der Waals surface area (Å²) in [6.45, 7) is 4.05. The maximum Gasteiger partial charge on any atom is 0.115 e. The van der Waals surface area contributed by atoms with Crippen LogP contribution in [0.2, 0.25) is 0 Å². The van der Waals surface area contributed by atoms with E-state index in [1.807, 2.05) is 19.1 Å². The summed E-state index contributed by atoms with van der Waals surface area (Å²) < 4.78 is 15.8. The molecule has 3 aliphatic rings. The third-order valence-corrected chi connectivity index (χ3v) is 8.87. The molecule has 0 radical (unpaired) electrons. The summed E-state index contributed by atoms with van der Waals surface area (Å²) in [7, 11) is 0. The van der Waals surface area contributed by atoms with Crippen LogP contribution in [0.1, 0.15) is 75.8 Å². The molecule has 0 aliphatic heterocycles. The van der Waals surface area contributed by atoms with Gasteiger partial charge in [0.25, 0.3) is 0 Å². The quantitative estimate of drug-likeness (QED) is 0.465. The molecule has 0 saturated heterocycles. The Morgan fingerprint density at radius 2 is 2.00 bits per heavy atom. The van der Waals surface area contributed by atoms with Gasteiger partial charge in [-0.2, -0.15) is 0 Å². The second-order valence-corrected chi connectivity index (χ2v) is 10.4. The van der Waals surface area contributed by atoms with Crippen LogP contribution in [0.4, 0.5) is 4.39 Å². The summed E-state index contributed by atoms with van der Waals surface area (Å²) >= 11 is 5.85. The largest absolute Gasteiger partial charge is 0.508 e. The van der Waals surface area contributed by atoms with E-state index in [2.05, 4.69) is 6.92 Å². The van der Waals surface area contributed by atoms with E-state index in [9.17, 15) is 10.2 Å². The van der Waals surface area contributed by atoms with E-state index in [1.54, 1.807) is 6.07 Å². The lowest BCUT2D eigenvalue weighted by molar-refractivity contribution is -0.120. The molecule has 0 bridgehead atoms. The van der Waals surface area contributed by atoms with E-state index in [-0.39, 0.29) is 23.0 Å². The van der Waals surface area contributed by atoms with Crippen molar-refractivity contribution < 1.29 is 14.6 Å². The van der Waals surface area contributed by atoms with Crippen molar-refractivity contribution in [1.82, 2.24) is 0 Å². The molecule has 0 amide bonds. The van der Waals surface area contributed by atoms with Crippen molar-refractivity contribution in [2.24, 2.45) is 23.2 Å². The Morgan fingerprint density at radius 1 is 1.21 bits per heavy atom. The zero-order valence-corrected chi connectivity index (χ0v) is 17.9. The van der Waals surface area contributed by atoms with Gasteiger partial charge in [-0.05, 0) is 86.5 Å². The summed E-state index contributed by atoms with van der Waals surface area (Å²) in [5, 5.41) is 21.1. The third kappa shape index (κ3) is 3.17. The highest BCUT2D eigenvalue weighted by Gasteiger charge is 2.63. The van der Waals surface area contributed by atoms with E-state index >= 15 is 4.39 Å². The number of unbranched alkanes of at least 4 members (excludes halogenated alkanes) is 2. The number of hydrogen-bond donors (Lipinski definition) is 2. The third-order valence-electron chi connectivity index (χ3n) is 8.60. The maximum atomic E-state index is 15.8. The molecule has 4 heteroatoms. The number of aromatic hydroxyl groups is 1. The zero-order chi connectivity index (χ0) is 20.1. The van der Waals surface area contributed by atoms with Gasteiger partial charge in [-0.1, -0.05) is 25.8 Å². The van der Waals surface area contributed by atoms with Crippen molar-refractivity contribution in [1.29, 1.82) is 0 Å². The number of benzene rings is 1. The molecule has 0 aromatic heterocycles. The van der Waals surface area contributed by atoms with Crippen molar-refractivity contribution in [3.05, 3.63) is 29.3 Å². The first-order valence-electron chi connectivity index (χ1n) is 11.0. The van der Waals surface area contributed by atoms with Gasteiger partial charge < -0.3 is 10.2 Å². The molecule has 2 N–H and O–H groups in total. The molecule has 28 heavy (non-hydrogen) atoms. The van der Waals surface area contributed by atoms with Gasteiger partial charge in [0.15, 0.2) is 0 Å². The van der Waals surface area contributed by atoms with Crippen LogP contribution >= 0.6 is 11.6 Å². The fourth-order valence-corrected chi connectivity index (χ4v) is 7.15. The van der Waals surface area contributed by atoms with Crippen molar-refractivity contribution in [3.63, 3.8) is 0 Å². The number of halogens is 2. The minimum absolute atomic E-state index is 0.102. The SMILES string of the molecule is C[C@]12C[C@H](F)[C@@H]3c4ccc(O)cc4CC(CCCCCCl)[C@H]3[C@@H]1CC[C@@]2(C)O. The molecule has 2 saturated carbocycles. The summed E-state index contributed by atoms with van der Waals surface area (Å²) in [6, 6.07) is 5.51. The predicted octanol–water partition coefficient (Wildman–Crippen LogP) is 5.97. The Balaban J connectivity index is 1.71. The minimum atomic E-state index is -0.940. The number of alkyl halides is 2. The normalized spacial score (nSPS) is 42.0. The highest BCUT2D eigenvalue weighted by Crippen LogP contribution is 2.66. The monoisotopic (exact) mass is 408 g/mol. The Morgan fingerprint density at radius 3 is 2.75 bits per heavy atom. The highest BCUT2D eigenvalue weighted by atomic mass is 35.5. The van der Waals surface area contributed by atoms with Gasteiger partial charge in [0, 0.05) is 17.2 Å². The second-order valence-electron chi connectivity index (χ2n) is 10.0. The topological polar surface area (TPSA) is 40.5 Å². The molecule has 156 valence electrons. The molecular formula is C24H34ClFO2. The lowest BCUT2D eigenvalue weighted by Crippen LogP contribution is -2.54. The van der Waals surface area contributed by atoms with Crippen molar-refractivity contribution in [3.8, 4) is 5.75 Å². The van der Waals surface area contributed by atoms with E-state index in [1.165, 1.54) is 0 Å². The van der Waals surface area contributed by atoms with Gasteiger partial charge in [0.1, 0.15) is 11.9 Å². The average molecular weight is 409 g/mol. The van der Waals surface area contributed by atoms with Crippen molar-refractivity contribution >= 4 is 11.6 Å². The number of hydrogen-bond acceptors (Lipinski definition) is 2. The van der Waals surface area contributed by atoms with Crippen LogP contribution in [-0.2, 0) is 6.42 Å². The number of aliphatic hydroxyl groups is 1. The first-order valence-corrected chi connectivity index (χ1v) is 11.6. The number of fused-ring (bicyclic) bond motifs is 5. The average Bonchev–Trinajstić information content (AvgIpc) is 2.87. The van der Waals surface area contributed by atoms with Gasteiger partial charge in [-0.3, -0.25) is 0 Å². The van der Waals surface area contributed by atoms with Crippen LogP contribution < -0.4 is 0 Å². The van der Waals surface area contributed by atoms with E-state index < -0.39 is 11.8 Å². The molecule has 0 heterocycles. The van der Waals surface area contributed by atoms with Crippen LogP contribution in [0.3, 0.4) is 0 Å². The first-order chi connectivity index (χ1) is 13.3. The molecule has 2 nitrogen and oxygen atoms in total. The summed E-state index contributed by atoms with van der Waals surface area (Å²) in [5.74, 6) is 1.91. The molecule has 1 unspecified atom stereocenters. The van der Waals surface area contributed by atoms with E-state index in [0.29, 0.717) is 24.1 Å². The molecule has 7 atom stereocenters. The fraction of sp³-hybridized carbons (Fsp3) is 0.750. The predicted molar refractivity (Wildman–Crippen MR) is 112 cm³/mol. The van der Waals surface area contributed by atoms with Crippen molar-refractivity contribution in [2.45, 2.75) is 82.9 Å². The Bertz CT molecular complexity index is 721. The van der Waals surface area contributed by atoms with Gasteiger partial charge in [0.05, 0.1) is 5.60 Å². The van der Waals surface area contributed by atoms with Crippen LogP contribution in [0.25, 0.3) is 0 Å². The molecular weight excluding hydrogens is 375 g/mol. The highest BCUT2D eigenvalue weighted by molar-refractivity contribution is 6.17. The lowest BCUT2D eigenvalue weighted by Gasteiger charge is -2.56. The smallest absolute Gasteiger partial charge is 0.115 e. The Labute approximate surface area is 173 Å². The van der Waals surface area contributed by atoms with Gasteiger partial charge >= 0.3 is 0 Å². The molecule has 1 aromatic carbocycles. The molecule has 4 rings (SSSR count). The van der Waals surface area contributed by atoms with Crippen LogP contribution in [0, 0.1) is 23.2 Å². The lowest BCUT2D eigenvalue weighted by atomic mass is 9.50. The van der Waals surface area contributed by atoms with E-state index in [0.717, 1.165) is 56.1 Å². The minimum Gasteiger partial charge on any atom is -0.508 e. The van der Waals surface area contributed by atoms with E-state index in [4.69, 9.17) is 11.6 Å². The van der Waals surface area contributed by atoms with Crippen LogP contribution in [0.5, 0.6) is 5.75 Å². The van der Waals surface area contributed by atoms with Gasteiger partial charge in [-0.25, -0.2) is 4.39 Å². The summed E-state index contributed by atoms with van der Waals surface area (Å²) in [6.07, 6.45) is 6.50. The first kappa shape index (κ1) is 20.5. The number of phenolic OH excluding ortho intramolecular Hbond substituents is 1. The molecule has 1 aromatic rings. The molecule has 2 fully saturated rings. The van der Waals surface area contributed by atoms with Crippen molar-refractivity contribution in [2.75, 3.05) is 5.88 Å². The number of rotatable bonds is 5. The Hall–Kier alpha value is -0.800. The van der Waals surface area contributed by atoms with Gasteiger partial charge in [0.2, 0.25) is 0 Å². The zero-order valence-electron chi connectivity index (χ0n) is 17.1. The Kier molecular flexibility index (Phi) is 5.46. The second kappa shape index (κ2) is 7.47. The van der Waals surface area contributed by atoms with Crippen LogP contribution in [0.15, 0.2) is 18.2 Å². The summed E-state index contributed by atoms with van der Waals surface area (Å²) in [4.78, 5) is 0. The molecule has 3 aliphatic carbocycles. The number of phenols is 1. The fourth-order valence-electron chi connectivity index (χ4n) is 6.96. The van der Waals surface area contributed by atoms with Gasteiger partial charge in [-0.15, -0.1) is 11.6 Å². The van der Waals surface area contributed by atoms with Crippen LogP contribution in [-0.4, -0.2) is 27.9 Å². The maximum absolute atomic E-state index is 15.8. The molecule has 0 spiro atoms. The standard InChI is InChI=1S/C24H34ClFO2/c1-23-14-20(26)22-18-8-7-17(27)13-16(18)12-15(6-4-3-5-11-25)21(22)19(23)9-10-24(23,2)28/h7-8,13,15,19-22,27-28H,3-6,9-12,14H2,1-2H3/t15?,19-,20-,21-,22-,23-,24+/m0/s1.